The maximum atomic E-state index is 13.2. The van der Waals surface area contributed by atoms with Crippen LogP contribution in [0.3, 0.4) is 0 Å². The molecule has 0 spiro atoms. The summed E-state index contributed by atoms with van der Waals surface area (Å²) in [7, 11) is 3.10. The number of hydrogen-bond donors (Lipinski definition) is 1. The predicted octanol–water partition coefficient (Wildman–Crippen LogP) is 3.62. The number of hydrogen-bond acceptors (Lipinski definition) is 5. The minimum Gasteiger partial charge on any atom is -0.497 e. The highest BCUT2D eigenvalue weighted by Gasteiger charge is 2.31. The summed E-state index contributed by atoms with van der Waals surface area (Å²) in [5.74, 6) is 0.151. The number of rotatable bonds is 6. The van der Waals surface area contributed by atoms with Gasteiger partial charge in [0.25, 0.3) is 11.8 Å². The third-order valence-electron chi connectivity index (χ3n) is 4.90. The molecule has 3 rings (SSSR count). The van der Waals surface area contributed by atoms with E-state index in [9.17, 15) is 14.4 Å². The van der Waals surface area contributed by atoms with Gasteiger partial charge < -0.3 is 14.8 Å². The normalized spacial score (nSPS) is 13.4. The van der Waals surface area contributed by atoms with Crippen molar-refractivity contribution in [1.82, 2.24) is 10.0 Å². The van der Waals surface area contributed by atoms with Gasteiger partial charge in [-0.3, -0.25) is 14.4 Å². The molecule has 1 aliphatic rings. The van der Waals surface area contributed by atoms with Gasteiger partial charge in [-0.25, -0.2) is 10.0 Å². The van der Waals surface area contributed by atoms with E-state index in [-0.39, 0.29) is 22.4 Å². The van der Waals surface area contributed by atoms with E-state index < -0.39 is 5.91 Å². The molecule has 0 atom stereocenters. The molecule has 0 aliphatic carbocycles. The van der Waals surface area contributed by atoms with Crippen LogP contribution in [0.25, 0.3) is 6.08 Å². The van der Waals surface area contributed by atoms with Crippen LogP contribution < -0.4 is 14.8 Å². The zero-order valence-electron chi connectivity index (χ0n) is 18.1. The number of carbonyl (C=O) groups is 3. The van der Waals surface area contributed by atoms with Crippen molar-refractivity contribution in [2.45, 2.75) is 13.3 Å². The van der Waals surface area contributed by atoms with E-state index in [2.05, 4.69) is 5.32 Å². The third-order valence-corrected chi connectivity index (χ3v) is 5.31. The molecule has 1 fully saturated rings. The number of benzene rings is 2. The summed E-state index contributed by atoms with van der Waals surface area (Å²) in [4.78, 5) is 37.4. The standard InChI is InChI=1S/C23H24ClN3O5/c1-15(28)25-19-7-4-6-18(22(19)24)23(30)27-13-5-12-26(27)21(29)11-8-16-14-17(31-2)9-10-20(16)32-3/h4,6-11,14H,5,12-13H2,1-3H3,(H,25,28). The average molecular weight is 458 g/mol. The van der Waals surface area contributed by atoms with Crippen molar-refractivity contribution in [3.05, 3.63) is 58.6 Å². The lowest BCUT2D eigenvalue weighted by Crippen LogP contribution is -2.44. The first-order valence-corrected chi connectivity index (χ1v) is 10.3. The Morgan fingerprint density at radius 1 is 1.06 bits per heavy atom. The summed E-state index contributed by atoms with van der Waals surface area (Å²) in [6, 6.07) is 10.1. The summed E-state index contributed by atoms with van der Waals surface area (Å²) < 4.78 is 10.6. The number of carbonyl (C=O) groups excluding carboxylic acids is 3. The summed E-state index contributed by atoms with van der Waals surface area (Å²) >= 11 is 6.35. The second kappa shape index (κ2) is 10.2. The van der Waals surface area contributed by atoms with Gasteiger partial charge in [0, 0.05) is 31.7 Å². The number of anilines is 1. The maximum Gasteiger partial charge on any atom is 0.274 e. The van der Waals surface area contributed by atoms with E-state index in [1.807, 2.05) is 0 Å². The summed E-state index contributed by atoms with van der Waals surface area (Å²) in [5, 5.41) is 5.48. The molecule has 1 aliphatic heterocycles. The van der Waals surface area contributed by atoms with Crippen LogP contribution in [0.5, 0.6) is 11.5 Å². The second-order valence-electron chi connectivity index (χ2n) is 7.03. The number of nitrogens with zero attached hydrogens (tertiary/aromatic N) is 2. The Morgan fingerprint density at radius 3 is 2.50 bits per heavy atom. The number of halogens is 1. The van der Waals surface area contributed by atoms with Gasteiger partial charge in [-0.2, -0.15) is 0 Å². The highest BCUT2D eigenvalue weighted by atomic mass is 35.5. The number of hydrazine groups is 1. The Bertz CT molecular complexity index is 1070. The molecule has 0 unspecified atom stereocenters. The molecule has 9 heteroatoms. The Labute approximate surface area is 191 Å². The van der Waals surface area contributed by atoms with Crippen LogP contribution >= 0.6 is 11.6 Å². The fraction of sp³-hybridized carbons (Fsp3) is 0.261. The molecule has 0 aromatic heterocycles. The summed E-state index contributed by atoms with van der Waals surface area (Å²) in [6.45, 7) is 2.13. The first kappa shape index (κ1) is 23.1. The lowest BCUT2D eigenvalue weighted by atomic mass is 10.1. The van der Waals surface area contributed by atoms with E-state index in [0.717, 1.165) is 0 Å². The first-order chi connectivity index (χ1) is 15.3. The largest absolute Gasteiger partial charge is 0.497 e. The molecular weight excluding hydrogens is 434 g/mol. The van der Waals surface area contributed by atoms with E-state index in [1.165, 1.54) is 23.0 Å². The predicted molar refractivity (Wildman–Crippen MR) is 122 cm³/mol. The number of ether oxygens (including phenoxy) is 2. The quantitative estimate of drug-likeness (QED) is 0.669. The van der Waals surface area contributed by atoms with Crippen LogP contribution in [0.15, 0.2) is 42.5 Å². The molecule has 0 saturated carbocycles. The smallest absolute Gasteiger partial charge is 0.274 e. The zero-order chi connectivity index (χ0) is 23.3. The van der Waals surface area contributed by atoms with Gasteiger partial charge in [0.15, 0.2) is 0 Å². The molecule has 1 heterocycles. The fourth-order valence-electron chi connectivity index (χ4n) is 3.39. The lowest BCUT2D eigenvalue weighted by molar-refractivity contribution is -0.134. The van der Waals surface area contributed by atoms with Crippen molar-refractivity contribution in [3.8, 4) is 11.5 Å². The molecule has 32 heavy (non-hydrogen) atoms. The van der Waals surface area contributed by atoms with Crippen molar-refractivity contribution in [2.75, 3.05) is 32.6 Å². The number of methoxy groups -OCH3 is 2. The molecule has 0 radical (unpaired) electrons. The third kappa shape index (κ3) is 5.03. The van der Waals surface area contributed by atoms with Gasteiger partial charge in [0.1, 0.15) is 11.5 Å². The minimum atomic E-state index is -0.416. The molecular formula is C23H24ClN3O5. The Hall–Kier alpha value is -3.52. The highest BCUT2D eigenvalue weighted by Crippen LogP contribution is 2.29. The molecule has 8 nitrogen and oxygen atoms in total. The van der Waals surface area contributed by atoms with Gasteiger partial charge in [-0.15, -0.1) is 0 Å². The van der Waals surface area contributed by atoms with Gasteiger partial charge >= 0.3 is 0 Å². The molecule has 1 N–H and O–H groups in total. The SMILES string of the molecule is COc1ccc(OC)c(C=CC(=O)N2CCCN2C(=O)c2cccc(NC(C)=O)c2Cl)c1. The van der Waals surface area contributed by atoms with Crippen LogP contribution in [0.2, 0.25) is 5.02 Å². The van der Waals surface area contributed by atoms with Crippen molar-refractivity contribution < 1.29 is 23.9 Å². The highest BCUT2D eigenvalue weighted by molar-refractivity contribution is 6.36. The molecule has 0 bridgehead atoms. The van der Waals surface area contributed by atoms with Crippen LogP contribution in [-0.4, -0.2) is 55.0 Å². The molecule has 168 valence electrons. The van der Waals surface area contributed by atoms with Crippen molar-refractivity contribution in [2.24, 2.45) is 0 Å². The van der Waals surface area contributed by atoms with Gasteiger partial charge in [0.05, 0.1) is 30.5 Å². The summed E-state index contributed by atoms with van der Waals surface area (Å²) in [6.07, 6.45) is 3.64. The Balaban J connectivity index is 1.81. The van der Waals surface area contributed by atoms with Gasteiger partial charge in [-0.1, -0.05) is 17.7 Å². The molecule has 2 aromatic rings. The Kier molecular flexibility index (Phi) is 7.37. The molecule has 1 saturated heterocycles. The monoisotopic (exact) mass is 457 g/mol. The van der Waals surface area contributed by atoms with Gasteiger partial charge in [0.2, 0.25) is 5.91 Å². The first-order valence-electron chi connectivity index (χ1n) is 9.95. The van der Waals surface area contributed by atoms with Crippen LogP contribution in [0.4, 0.5) is 5.69 Å². The maximum absolute atomic E-state index is 13.2. The van der Waals surface area contributed by atoms with Crippen LogP contribution in [-0.2, 0) is 9.59 Å². The molecule has 3 amide bonds. The Morgan fingerprint density at radius 2 is 1.81 bits per heavy atom. The van der Waals surface area contributed by atoms with Crippen molar-refractivity contribution in [3.63, 3.8) is 0 Å². The van der Waals surface area contributed by atoms with E-state index in [1.54, 1.807) is 56.7 Å². The second-order valence-corrected chi connectivity index (χ2v) is 7.41. The minimum absolute atomic E-state index is 0.128. The van der Waals surface area contributed by atoms with E-state index in [4.69, 9.17) is 21.1 Å². The molecule has 2 aromatic carbocycles. The van der Waals surface area contributed by atoms with E-state index in [0.29, 0.717) is 42.3 Å². The average Bonchev–Trinajstić information content (AvgIpc) is 3.28. The van der Waals surface area contributed by atoms with Gasteiger partial charge in [-0.05, 0) is 42.8 Å². The van der Waals surface area contributed by atoms with Crippen molar-refractivity contribution >= 4 is 41.1 Å². The number of amides is 3. The summed E-state index contributed by atoms with van der Waals surface area (Å²) in [5.41, 5.74) is 1.21. The fourth-order valence-corrected chi connectivity index (χ4v) is 3.65. The zero-order valence-corrected chi connectivity index (χ0v) is 18.8. The van der Waals surface area contributed by atoms with Crippen LogP contribution in [0.1, 0.15) is 29.3 Å². The number of nitrogens with one attached hydrogen (secondary N) is 1. The van der Waals surface area contributed by atoms with E-state index >= 15 is 0 Å². The lowest BCUT2D eigenvalue weighted by Gasteiger charge is -2.27. The van der Waals surface area contributed by atoms with Crippen LogP contribution in [0, 0.1) is 0 Å². The van der Waals surface area contributed by atoms with Crippen molar-refractivity contribution in [1.29, 1.82) is 0 Å². The topological polar surface area (TPSA) is 88.2 Å².